The van der Waals surface area contributed by atoms with Crippen molar-refractivity contribution in [3.05, 3.63) is 65.9 Å². The quantitative estimate of drug-likeness (QED) is 0.506. The van der Waals surface area contributed by atoms with Gasteiger partial charge in [-0.1, -0.05) is 12.1 Å². The van der Waals surface area contributed by atoms with Crippen molar-refractivity contribution in [3.63, 3.8) is 0 Å². The number of nitrogens with zero attached hydrogens (tertiary/aromatic N) is 4. The highest BCUT2D eigenvalue weighted by atomic mass is 19.1. The molecule has 1 N–H and O–H groups in total. The topological polar surface area (TPSA) is 80.9 Å². The number of halogens is 1. The zero-order valence-corrected chi connectivity index (χ0v) is 16.8. The van der Waals surface area contributed by atoms with Crippen molar-refractivity contribution in [1.82, 2.24) is 19.7 Å². The summed E-state index contributed by atoms with van der Waals surface area (Å²) in [5.74, 6) is -1.33. The Hall–Kier alpha value is -3.61. The maximum atomic E-state index is 14.8. The number of fused-ring (bicyclic) bond motifs is 1. The van der Waals surface area contributed by atoms with Crippen LogP contribution in [0, 0.1) is 12.7 Å². The Morgan fingerprint density at radius 3 is 2.70 bits per heavy atom. The molecule has 0 amide bonds. The lowest BCUT2D eigenvalue weighted by Gasteiger charge is -2.17. The van der Waals surface area contributed by atoms with E-state index in [1.807, 2.05) is 19.9 Å². The minimum absolute atomic E-state index is 0.0944. The predicted octanol–water partition coefficient (Wildman–Crippen LogP) is 4.64. The van der Waals surface area contributed by atoms with Gasteiger partial charge in [0.2, 0.25) is 0 Å². The summed E-state index contributed by atoms with van der Waals surface area (Å²) in [5, 5.41) is 14.6. The number of hydrogen-bond acceptors (Lipinski definition) is 4. The Morgan fingerprint density at radius 2 is 2.00 bits per heavy atom. The predicted molar refractivity (Wildman–Crippen MR) is 113 cm³/mol. The molecule has 152 valence electrons. The molecule has 1 aromatic carbocycles. The van der Waals surface area contributed by atoms with Crippen molar-refractivity contribution in [2.24, 2.45) is 0 Å². The van der Waals surface area contributed by atoms with Crippen LogP contribution in [0.2, 0.25) is 0 Å². The van der Waals surface area contributed by atoms with Gasteiger partial charge < -0.3 is 5.11 Å². The van der Waals surface area contributed by atoms with E-state index in [0.29, 0.717) is 29.0 Å². The van der Waals surface area contributed by atoms with Crippen LogP contribution in [-0.4, -0.2) is 30.8 Å². The Labute approximate surface area is 173 Å². The van der Waals surface area contributed by atoms with Crippen LogP contribution in [0.15, 0.2) is 48.9 Å². The summed E-state index contributed by atoms with van der Waals surface area (Å²) in [6, 6.07) is 8.40. The molecule has 7 heteroatoms. The average Bonchev–Trinajstić information content (AvgIpc) is 3.14. The summed E-state index contributed by atoms with van der Waals surface area (Å²) in [5.41, 5.74) is 4.69. The molecule has 0 aliphatic rings. The largest absolute Gasteiger partial charge is 0.481 e. The van der Waals surface area contributed by atoms with Gasteiger partial charge in [0.1, 0.15) is 5.82 Å². The molecule has 0 bridgehead atoms. The van der Waals surface area contributed by atoms with E-state index in [4.69, 9.17) is 4.98 Å². The molecule has 0 saturated carbocycles. The lowest BCUT2D eigenvalue weighted by molar-refractivity contribution is -0.136. The van der Waals surface area contributed by atoms with Crippen molar-refractivity contribution >= 4 is 17.0 Å². The van der Waals surface area contributed by atoms with E-state index in [9.17, 15) is 14.3 Å². The van der Waals surface area contributed by atoms with E-state index >= 15 is 0 Å². The van der Waals surface area contributed by atoms with Crippen LogP contribution in [0.3, 0.4) is 0 Å². The van der Waals surface area contributed by atoms with Crippen LogP contribution in [0.4, 0.5) is 4.39 Å². The zero-order valence-electron chi connectivity index (χ0n) is 16.8. The second-order valence-corrected chi connectivity index (χ2v) is 7.14. The van der Waals surface area contributed by atoms with E-state index in [0.717, 1.165) is 22.1 Å². The minimum Gasteiger partial charge on any atom is -0.481 e. The number of pyridine rings is 2. The van der Waals surface area contributed by atoms with Crippen LogP contribution in [0.5, 0.6) is 0 Å². The van der Waals surface area contributed by atoms with Crippen LogP contribution in [0.25, 0.3) is 33.4 Å². The molecule has 0 atom stereocenters. The Kier molecular flexibility index (Phi) is 5.27. The number of carbonyl (C=O) groups is 1. The first kappa shape index (κ1) is 19.7. The van der Waals surface area contributed by atoms with Gasteiger partial charge in [-0.2, -0.15) is 5.10 Å². The molecule has 0 saturated heterocycles. The number of carboxylic acids is 1. The molecule has 0 radical (unpaired) electrons. The van der Waals surface area contributed by atoms with Gasteiger partial charge >= 0.3 is 5.97 Å². The maximum absolute atomic E-state index is 14.8. The number of aromatic nitrogens is 4. The number of carboxylic acid groups (broad SMARTS) is 1. The first-order valence-electron chi connectivity index (χ1n) is 9.76. The molecular formula is C23H21FN4O2. The van der Waals surface area contributed by atoms with E-state index < -0.39 is 11.8 Å². The molecule has 0 aliphatic heterocycles. The molecule has 3 aromatic heterocycles. The molecule has 6 nitrogen and oxygen atoms in total. The zero-order chi connectivity index (χ0) is 21.3. The van der Waals surface area contributed by atoms with Gasteiger partial charge in [0.05, 0.1) is 11.9 Å². The fourth-order valence-corrected chi connectivity index (χ4v) is 3.73. The van der Waals surface area contributed by atoms with Gasteiger partial charge in [0.15, 0.2) is 5.65 Å². The normalized spacial score (nSPS) is 11.2. The average molecular weight is 404 g/mol. The van der Waals surface area contributed by atoms with Crippen molar-refractivity contribution in [1.29, 1.82) is 0 Å². The maximum Gasteiger partial charge on any atom is 0.303 e. The summed E-state index contributed by atoms with van der Waals surface area (Å²) >= 11 is 0. The first-order valence-corrected chi connectivity index (χ1v) is 9.76. The number of aliphatic carboxylic acids is 1. The lowest BCUT2D eigenvalue weighted by atomic mass is 9.91. The smallest absolute Gasteiger partial charge is 0.303 e. The van der Waals surface area contributed by atoms with Crippen LogP contribution in [-0.2, 0) is 17.8 Å². The van der Waals surface area contributed by atoms with Gasteiger partial charge in [-0.15, -0.1) is 0 Å². The highest BCUT2D eigenvalue weighted by Crippen LogP contribution is 2.38. The summed E-state index contributed by atoms with van der Waals surface area (Å²) < 4.78 is 16.5. The van der Waals surface area contributed by atoms with Crippen LogP contribution >= 0.6 is 0 Å². The summed E-state index contributed by atoms with van der Waals surface area (Å²) in [4.78, 5) is 20.5. The van der Waals surface area contributed by atoms with Crippen molar-refractivity contribution in [2.45, 2.75) is 33.2 Å². The molecule has 0 spiro atoms. The van der Waals surface area contributed by atoms with Crippen molar-refractivity contribution in [3.8, 4) is 22.4 Å². The van der Waals surface area contributed by atoms with Gasteiger partial charge in [-0.05, 0) is 49.6 Å². The van der Waals surface area contributed by atoms with E-state index in [1.165, 1.54) is 6.07 Å². The van der Waals surface area contributed by atoms with Crippen molar-refractivity contribution in [2.75, 3.05) is 0 Å². The van der Waals surface area contributed by atoms with Gasteiger partial charge in [-0.25, -0.2) is 14.1 Å². The summed E-state index contributed by atoms with van der Waals surface area (Å²) in [6.07, 6.45) is 5.34. The third kappa shape index (κ3) is 3.54. The molecule has 4 aromatic rings. The monoisotopic (exact) mass is 404 g/mol. The third-order valence-electron chi connectivity index (χ3n) is 5.07. The highest BCUT2D eigenvalue weighted by molar-refractivity contribution is 5.98. The Balaban J connectivity index is 2.12. The van der Waals surface area contributed by atoms with Gasteiger partial charge in [0.25, 0.3) is 0 Å². The number of aryl methyl sites for hydroxylation is 2. The molecule has 0 fully saturated rings. The van der Waals surface area contributed by atoms with Gasteiger partial charge in [0, 0.05) is 47.4 Å². The molecule has 3 heterocycles. The summed E-state index contributed by atoms with van der Waals surface area (Å²) in [7, 11) is 0. The molecule has 4 rings (SSSR count). The number of rotatable bonds is 6. The fraction of sp³-hybridized carbons (Fsp3) is 0.217. The standard InChI is InChI=1S/C23H21FN4O2/c1-3-28-23-18(13-26-28)21(15-10-14(2)11-25-12-15)17(8-9-20(29)30)22(27-23)16-6-4-5-7-19(16)24/h4-7,10-13H,3,8-9H2,1-2H3,(H,29,30). The Morgan fingerprint density at radius 1 is 1.20 bits per heavy atom. The van der Waals surface area contributed by atoms with Crippen LogP contribution in [0.1, 0.15) is 24.5 Å². The third-order valence-corrected chi connectivity index (χ3v) is 5.07. The molecular weight excluding hydrogens is 383 g/mol. The van der Waals surface area contributed by atoms with E-state index in [-0.39, 0.29) is 12.8 Å². The molecule has 0 aliphatic carbocycles. The van der Waals surface area contributed by atoms with Crippen LogP contribution < -0.4 is 0 Å². The number of hydrogen-bond donors (Lipinski definition) is 1. The van der Waals surface area contributed by atoms with E-state index in [2.05, 4.69) is 10.1 Å². The molecule has 30 heavy (non-hydrogen) atoms. The first-order chi connectivity index (χ1) is 14.5. The molecule has 0 unspecified atom stereocenters. The fourth-order valence-electron chi connectivity index (χ4n) is 3.73. The SMILES string of the molecule is CCn1ncc2c(-c3cncc(C)c3)c(CCC(=O)O)c(-c3ccccc3F)nc21. The minimum atomic E-state index is -0.924. The highest BCUT2D eigenvalue weighted by Gasteiger charge is 2.22. The summed E-state index contributed by atoms with van der Waals surface area (Å²) in [6.45, 7) is 4.51. The number of benzene rings is 1. The second-order valence-electron chi connectivity index (χ2n) is 7.14. The van der Waals surface area contributed by atoms with Gasteiger partial charge in [-0.3, -0.25) is 9.78 Å². The second kappa shape index (κ2) is 8.02. The van der Waals surface area contributed by atoms with Crippen molar-refractivity contribution < 1.29 is 14.3 Å². The Bertz CT molecular complexity index is 1250. The lowest BCUT2D eigenvalue weighted by Crippen LogP contribution is -2.06. The van der Waals surface area contributed by atoms with E-state index in [1.54, 1.807) is 41.5 Å².